The summed E-state index contributed by atoms with van der Waals surface area (Å²) in [6, 6.07) is 6.15. The van der Waals surface area contributed by atoms with E-state index in [0.29, 0.717) is 5.92 Å². The molecular weight excluding hydrogens is 548 g/mol. The molecule has 0 heterocycles. The smallest absolute Gasteiger partial charge is 1.00 e. The average molecular weight is 578 g/mol. The molecular formula is C20H30Cl2HfNOSi. The number of hydrogen-bond donors (Lipinski definition) is 1. The first kappa shape index (κ1) is 25.8. The van der Waals surface area contributed by atoms with Gasteiger partial charge in [-0.1, -0.05) is 0 Å². The Labute approximate surface area is 180 Å². The van der Waals surface area contributed by atoms with Gasteiger partial charge in [-0.25, -0.2) is 0 Å². The predicted molar refractivity (Wildman–Crippen MR) is 102 cm³/mol. The molecule has 1 atom stereocenters. The molecule has 1 aliphatic rings. The number of nitrogens with one attached hydrogen (secondary N) is 1. The van der Waals surface area contributed by atoms with Gasteiger partial charge in [-0.05, 0) is 0 Å². The van der Waals surface area contributed by atoms with Crippen LogP contribution in [0.1, 0.15) is 49.2 Å². The summed E-state index contributed by atoms with van der Waals surface area (Å²) in [5.74, 6) is -0.196. The molecule has 0 aromatic heterocycles. The third-order valence-electron chi connectivity index (χ3n) is 5.24. The number of carbonyl (C=O) groups excluding carboxylic acids is 1. The summed E-state index contributed by atoms with van der Waals surface area (Å²) >= 11 is -2.31. The van der Waals surface area contributed by atoms with Gasteiger partial charge >= 0.3 is 156 Å². The minimum absolute atomic E-state index is 0. The molecule has 1 unspecified atom stereocenters. The van der Waals surface area contributed by atoms with Gasteiger partial charge in [0, 0.05) is 0 Å². The number of rotatable bonds is 4. The fraction of sp³-hybridized carbons (Fsp3) is 0.450. The second-order valence-corrected chi connectivity index (χ2v) is 32.8. The van der Waals surface area contributed by atoms with E-state index in [9.17, 15) is 4.79 Å². The van der Waals surface area contributed by atoms with E-state index in [1.54, 1.807) is 3.33 Å². The van der Waals surface area contributed by atoms with E-state index in [2.05, 4.69) is 64.0 Å². The van der Waals surface area contributed by atoms with Crippen LogP contribution in [0.25, 0.3) is 0 Å². The zero-order valence-corrected chi connectivity index (χ0v) is 23.3. The van der Waals surface area contributed by atoms with Crippen LogP contribution in [-0.2, 0) is 20.9 Å². The van der Waals surface area contributed by atoms with Gasteiger partial charge in [0.2, 0.25) is 0 Å². The molecule has 26 heavy (non-hydrogen) atoms. The van der Waals surface area contributed by atoms with Crippen molar-refractivity contribution in [2.45, 2.75) is 54.6 Å². The van der Waals surface area contributed by atoms with Gasteiger partial charge in [-0.15, -0.1) is 0 Å². The van der Waals surface area contributed by atoms with Gasteiger partial charge in [0.15, 0.2) is 0 Å². The van der Waals surface area contributed by atoms with E-state index in [4.69, 9.17) is 0 Å². The maximum Gasteiger partial charge on any atom is -1.00 e. The Morgan fingerprint density at radius 2 is 1.46 bits per heavy atom. The Balaban J connectivity index is 0.00000312. The normalized spacial score (nSPS) is 16.4. The standard InChI is InChI=1S/C9H11NO.C9H13.C2H7Si.2ClH.Hf/c1-6-3-7(2)5-8(4-6)9(10)11;1-6-5-7(2)9(4)8(6)3;1-3-2;;;/h3-5H,1-2H3,(H2,10,11);6H,1-4H3;3H,1-2H3;2*1H;/q;;;;;+3/p-3. The fourth-order valence-corrected chi connectivity index (χ4v) is 25.7. The molecule has 1 aromatic rings. The molecule has 0 aliphatic heterocycles. The van der Waals surface area contributed by atoms with E-state index in [-0.39, 0.29) is 30.7 Å². The molecule has 1 N–H and O–H groups in total. The predicted octanol–water partition coefficient (Wildman–Crippen LogP) is -1.18. The summed E-state index contributed by atoms with van der Waals surface area (Å²) in [6.45, 7) is 18.0. The van der Waals surface area contributed by atoms with Crippen molar-refractivity contribution < 1.29 is 50.5 Å². The van der Waals surface area contributed by atoms with Gasteiger partial charge in [0.25, 0.3) is 0 Å². The molecule has 0 radical (unpaired) electrons. The summed E-state index contributed by atoms with van der Waals surface area (Å²) in [4.78, 5) is 12.9. The number of aryl methyl sites for hydroxylation is 2. The van der Waals surface area contributed by atoms with Gasteiger partial charge in [-0.2, -0.15) is 0 Å². The van der Waals surface area contributed by atoms with Crippen LogP contribution in [0.3, 0.4) is 0 Å². The molecule has 0 saturated heterocycles. The number of benzene rings is 1. The largest absolute Gasteiger partial charge is 1.00 e. The van der Waals surface area contributed by atoms with Gasteiger partial charge < -0.3 is 24.8 Å². The summed E-state index contributed by atoms with van der Waals surface area (Å²) in [6.07, 6.45) is 0. The van der Waals surface area contributed by atoms with Crippen molar-refractivity contribution in [1.82, 2.24) is 3.30 Å². The summed E-state index contributed by atoms with van der Waals surface area (Å²) in [7, 11) is 0. The first-order valence-corrected chi connectivity index (χ1v) is 21.5. The molecule has 143 valence electrons. The Hall–Kier alpha value is -0.163. The number of hydrogen-bond acceptors (Lipinski definition) is 1. The Morgan fingerprint density at radius 3 is 1.85 bits per heavy atom. The van der Waals surface area contributed by atoms with Gasteiger partial charge in [-0.3, -0.25) is 0 Å². The van der Waals surface area contributed by atoms with Crippen LogP contribution in [0.4, 0.5) is 0 Å². The molecule has 0 saturated carbocycles. The van der Waals surface area contributed by atoms with E-state index >= 15 is 0 Å². The molecule has 2 nitrogen and oxygen atoms in total. The number of carbonyl (C=O) groups is 1. The molecule has 2 rings (SSSR count). The van der Waals surface area contributed by atoms with Crippen LogP contribution in [0.15, 0.2) is 38.2 Å². The number of amides is 1. The Bertz CT molecular complexity index is 723. The zero-order valence-electron chi connectivity index (χ0n) is 17.1. The SMILES string of the molecule is CC1=C(C)C(C)[C]([Hf+2]([NH]C(=O)c2cc(C)cc(C)c2)[SiH](C)C)=C1C.[Cl-].[Cl-]. The minimum atomic E-state index is -2.31. The molecule has 1 aliphatic carbocycles. The van der Waals surface area contributed by atoms with Crippen molar-refractivity contribution in [1.29, 1.82) is 0 Å². The van der Waals surface area contributed by atoms with Crippen LogP contribution in [0.2, 0.25) is 13.1 Å². The molecule has 6 heteroatoms. The maximum absolute atomic E-state index is 12.9. The number of halogens is 2. The van der Waals surface area contributed by atoms with E-state index in [0.717, 1.165) is 16.7 Å². The third-order valence-corrected chi connectivity index (χ3v) is 29.3. The summed E-state index contributed by atoms with van der Waals surface area (Å²) in [5.41, 5.74) is 7.58. The molecule has 0 fully saturated rings. The van der Waals surface area contributed by atoms with Crippen molar-refractivity contribution >= 4 is 11.9 Å². The van der Waals surface area contributed by atoms with Crippen molar-refractivity contribution in [2.75, 3.05) is 0 Å². The van der Waals surface area contributed by atoms with Crippen LogP contribution < -0.4 is 28.1 Å². The molecule has 1 amide bonds. The second-order valence-electron chi connectivity index (χ2n) is 7.47. The van der Waals surface area contributed by atoms with Crippen molar-refractivity contribution in [3.05, 3.63) is 54.9 Å². The van der Waals surface area contributed by atoms with Crippen LogP contribution in [-0.4, -0.2) is 11.9 Å². The summed E-state index contributed by atoms with van der Waals surface area (Å²) < 4.78 is 5.23. The summed E-state index contributed by atoms with van der Waals surface area (Å²) in [5, 5.41) is 0. The maximum atomic E-state index is 12.9. The van der Waals surface area contributed by atoms with Gasteiger partial charge in [0.1, 0.15) is 0 Å². The molecule has 0 bridgehead atoms. The molecule has 1 aromatic carbocycles. The zero-order chi connectivity index (χ0) is 18.2. The van der Waals surface area contributed by atoms with E-state index < -0.39 is 26.9 Å². The van der Waals surface area contributed by atoms with E-state index in [1.807, 2.05) is 12.1 Å². The van der Waals surface area contributed by atoms with Crippen molar-refractivity contribution in [3.8, 4) is 0 Å². The third kappa shape index (κ3) is 5.43. The van der Waals surface area contributed by atoms with Crippen molar-refractivity contribution in [3.63, 3.8) is 0 Å². The van der Waals surface area contributed by atoms with Crippen LogP contribution in [0, 0.1) is 19.8 Å². The first-order chi connectivity index (χ1) is 11.1. The Morgan fingerprint density at radius 1 is 0.962 bits per heavy atom. The van der Waals surface area contributed by atoms with Crippen molar-refractivity contribution in [2.24, 2.45) is 5.92 Å². The minimum Gasteiger partial charge on any atom is -1.00 e. The van der Waals surface area contributed by atoms with Crippen LogP contribution in [0.5, 0.6) is 0 Å². The quantitative estimate of drug-likeness (QED) is 0.449. The van der Waals surface area contributed by atoms with Gasteiger partial charge in [0.05, 0.1) is 0 Å². The number of allylic oxidation sites excluding steroid dienone is 4. The average Bonchev–Trinajstić information content (AvgIpc) is 2.67. The van der Waals surface area contributed by atoms with Crippen LogP contribution >= 0.6 is 0 Å². The first-order valence-electron chi connectivity index (χ1n) is 8.78. The van der Waals surface area contributed by atoms with E-state index in [1.165, 1.54) is 16.7 Å². The fourth-order valence-electron chi connectivity index (χ4n) is 3.62. The molecule has 0 spiro atoms. The second kappa shape index (κ2) is 10.4. The monoisotopic (exact) mass is 578 g/mol. The topological polar surface area (TPSA) is 29.1 Å². The Kier molecular flexibility index (Phi) is 10.3.